The Balaban J connectivity index is 2.06. The Labute approximate surface area is 122 Å². The summed E-state index contributed by atoms with van der Waals surface area (Å²) in [5.41, 5.74) is 1.25. The molecule has 3 heterocycles. The van der Waals surface area contributed by atoms with Crippen LogP contribution in [0.1, 0.15) is 34.8 Å². The van der Waals surface area contributed by atoms with E-state index in [1.165, 1.54) is 0 Å². The lowest BCUT2D eigenvalue weighted by Crippen LogP contribution is -2.23. The van der Waals surface area contributed by atoms with Gasteiger partial charge in [-0.2, -0.15) is 5.26 Å². The fraction of sp³-hybridized carbons (Fsp3) is 0.267. The van der Waals surface area contributed by atoms with Crippen molar-refractivity contribution in [3.63, 3.8) is 0 Å². The van der Waals surface area contributed by atoms with Crippen LogP contribution in [-0.2, 0) is 0 Å². The normalized spacial score (nSPS) is 14.0. The Hall–Kier alpha value is -2.81. The zero-order chi connectivity index (χ0) is 14.7. The van der Waals surface area contributed by atoms with Gasteiger partial charge in [-0.3, -0.25) is 9.78 Å². The molecule has 0 amide bonds. The first kappa shape index (κ1) is 13.2. The van der Waals surface area contributed by atoms with Gasteiger partial charge in [-0.1, -0.05) is 6.07 Å². The van der Waals surface area contributed by atoms with Crippen LogP contribution in [-0.4, -0.2) is 33.8 Å². The van der Waals surface area contributed by atoms with Crippen molar-refractivity contribution in [3.05, 3.63) is 47.8 Å². The number of carbonyl (C=O) groups excluding carboxylic acids is 1. The fourth-order valence-corrected chi connectivity index (χ4v) is 2.40. The standard InChI is InChI=1S/C15H13N5O/c16-9-13-18-10-12(20-7-3-4-8-20)14(19-13)15(21)11-5-1-2-6-17-11/h1-2,5-6,10H,3-4,7-8H2. The number of hydrogen-bond donors (Lipinski definition) is 0. The first-order valence-electron chi connectivity index (χ1n) is 6.77. The molecule has 0 radical (unpaired) electrons. The smallest absolute Gasteiger partial charge is 0.232 e. The molecule has 0 N–H and O–H groups in total. The highest BCUT2D eigenvalue weighted by Gasteiger charge is 2.23. The molecule has 0 saturated carbocycles. The molecule has 6 nitrogen and oxygen atoms in total. The summed E-state index contributed by atoms with van der Waals surface area (Å²) in [6, 6.07) is 7.02. The quantitative estimate of drug-likeness (QED) is 0.793. The molecule has 1 fully saturated rings. The van der Waals surface area contributed by atoms with Crippen molar-refractivity contribution in [2.75, 3.05) is 18.0 Å². The molecule has 0 aliphatic carbocycles. The number of rotatable bonds is 3. The molecule has 3 rings (SSSR count). The van der Waals surface area contributed by atoms with E-state index in [0.717, 1.165) is 25.9 Å². The van der Waals surface area contributed by atoms with Crippen molar-refractivity contribution in [2.45, 2.75) is 12.8 Å². The first-order valence-corrected chi connectivity index (χ1v) is 6.77. The zero-order valence-corrected chi connectivity index (χ0v) is 11.4. The molecule has 1 aliphatic rings. The maximum Gasteiger partial charge on any atom is 0.232 e. The molecule has 0 aromatic carbocycles. The van der Waals surface area contributed by atoms with Crippen molar-refractivity contribution in [2.24, 2.45) is 0 Å². The third-order valence-electron chi connectivity index (χ3n) is 3.43. The average molecular weight is 279 g/mol. The van der Waals surface area contributed by atoms with Crippen LogP contribution in [0.25, 0.3) is 0 Å². The molecule has 0 bridgehead atoms. The molecule has 2 aromatic heterocycles. The minimum atomic E-state index is -0.281. The summed E-state index contributed by atoms with van der Waals surface area (Å²) in [4.78, 5) is 26.9. The van der Waals surface area contributed by atoms with Crippen molar-refractivity contribution in [1.29, 1.82) is 5.26 Å². The summed E-state index contributed by atoms with van der Waals surface area (Å²) in [5.74, 6) is -0.284. The van der Waals surface area contributed by atoms with E-state index in [9.17, 15) is 4.79 Å². The van der Waals surface area contributed by atoms with Crippen molar-refractivity contribution >= 4 is 11.5 Å². The average Bonchev–Trinajstić information content (AvgIpc) is 3.08. The molecule has 104 valence electrons. The van der Waals surface area contributed by atoms with Gasteiger partial charge in [0.25, 0.3) is 0 Å². The lowest BCUT2D eigenvalue weighted by Gasteiger charge is -2.19. The van der Waals surface area contributed by atoms with Gasteiger partial charge in [0.15, 0.2) is 0 Å². The number of nitrogens with zero attached hydrogens (tertiary/aromatic N) is 5. The summed E-state index contributed by atoms with van der Waals surface area (Å²) in [5, 5.41) is 8.96. The highest BCUT2D eigenvalue weighted by Crippen LogP contribution is 2.24. The number of pyridine rings is 1. The Morgan fingerprint density at radius 2 is 2.05 bits per heavy atom. The highest BCUT2D eigenvalue weighted by molar-refractivity contribution is 6.09. The summed E-state index contributed by atoms with van der Waals surface area (Å²) in [7, 11) is 0. The van der Waals surface area contributed by atoms with Gasteiger partial charge < -0.3 is 4.90 Å². The molecule has 1 aliphatic heterocycles. The maximum atomic E-state index is 12.6. The molecule has 0 unspecified atom stereocenters. The van der Waals surface area contributed by atoms with Crippen molar-refractivity contribution in [3.8, 4) is 6.07 Å². The van der Waals surface area contributed by atoms with Gasteiger partial charge in [-0.15, -0.1) is 0 Å². The van der Waals surface area contributed by atoms with Crippen LogP contribution in [0.2, 0.25) is 0 Å². The maximum absolute atomic E-state index is 12.6. The van der Waals surface area contributed by atoms with Crippen LogP contribution in [0, 0.1) is 11.3 Å². The number of anilines is 1. The number of ketones is 1. The molecule has 21 heavy (non-hydrogen) atoms. The Morgan fingerprint density at radius 1 is 1.24 bits per heavy atom. The number of nitriles is 1. The van der Waals surface area contributed by atoms with Crippen LogP contribution >= 0.6 is 0 Å². The SMILES string of the molecule is N#Cc1ncc(N2CCCC2)c(C(=O)c2ccccn2)n1. The Kier molecular flexibility index (Phi) is 3.56. The second-order valence-electron chi connectivity index (χ2n) is 4.78. The van der Waals surface area contributed by atoms with E-state index in [2.05, 4.69) is 19.9 Å². The van der Waals surface area contributed by atoms with E-state index in [1.54, 1.807) is 30.6 Å². The van der Waals surface area contributed by atoms with E-state index in [1.807, 2.05) is 6.07 Å². The highest BCUT2D eigenvalue weighted by atomic mass is 16.1. The minimum Gasteiger partial charge on any atom is -0.368 e. The zero-order valence-electron chi connectivity index (χ0n) is 11.4. The molecule has 0 spiro atoms. The summed E-state index contributed by atoms with van der Waals surface area (Å²) in [6.45, 7) is 1.75. The van der Waals surface area contributed by atoms with Gasteiger partial charge in [0.05, 0.1) is 11.9 Å². The van der Waals surface area contributed by atoms with E-state index in [-0.39, 0.29) is 17.3 Å². The fourth-order valence-electron chi connectivity index (χ4n) is 2.40. The topological polar surface area (TPSA) is 82.8 Å². The van der Waals surface area contributed by atoms with Crippen molar-refractivity contribution < 1.29 is 4.79 Å². The molecule has 1 saturated heterocycles. The Bertz CT molecular complexity index is 702. The lowest BCUT2D eigenvalue weighted by atomic mass is 10.1. The molecular weight excluding hydrogens is 266 g/mol. The lowest BCUT2D eigenvalue weighted by molar-refractivity contribution is 0.103. The van der Waals surface area contributed by atoms with Crippen LogP contribution in [0.5, 0.6) is 0 Å². The second-order valence-corrected chi connectivity index (χ2v) is 4.78. The summed E-state index contributed by atoms with van der Waals surface area (Å²) >= 11 is 0. The van der Waals surface area contributed by atoms with Crippen LogP contribution in [0.4, 0.5) is 5.69 Å². The number of aromatic nitrogens is 3. The van der Waals surface area contributed by atoms with Gasteiger partial charge in [0, 0.05) is 19.3 Å². The number of hydrogen-bond acceptors (Lipinski definition) is 6. The van der Waals surface area contributed by atoms with E-state index < -0.39 is 0 Å². The predicted molar refractivity (Wildman–Crippen MR) is 75.9 cm³/mol. The van der Waals surface area contributed by atoms with Crippen LogP contribution in [0.3, 0.4) is 0 Å². The van der Waals surface area contributed by atoms with E-state index in [0.29, 0.717) is 11.4 Å². The summed E-state index contributed by atoms with van der Waals surface area (Å²) in [6.07, 6.45) is 5.29. The van der Waals surface area contributed by atoms with Crippen molar-refractivity contribution in [1.82, 2.24) is 15.0 Å². The van der Waals surface area contributed by atoms with Gasteiger partial charge in [-0.25, -0.2) is 9.97 Å². The Morgan fingerprint density at radius 3 is 2.71 bits per heavy atom. The first-order chi connectivity index (χ1) is 10.3. The molecule has 6 heteroatoms. The molecular formula is C15H13N5O. The largest absolute Gasteiger partial charge is 0.368 e. The monoisotopic (exact) mass is 279 g/mol. The van der Waals surface area contributed by atoms with Crippen LogP contribution in [0.15, 0.2) is 30.6 Å². The molecule has 0 atom stereocenters. The van der Waals surface area contributed by atoms with Gasteiger partial charge in [-0.05, 0) is 25.0 Å². The minimum absolute atomic E-state index is 0.00257. The van der Waals surface area contributed by atoms with Crippen LogP contribution < -0.4 is 4.90 Å². The second kappa shape index (κ2) is 5.67. The third-order valence-corrected chi connectivity index (χ3v) is 3.43. The summed E-state index contributed by atoms with van der Waals surface area (Å²) < 4.78 is 0. The predicted octanol–water partition coefficient (Wildman–Crippen LogP) is 1.57. The van der Waals surface area contributed by atoms with Gasteiger partial charge in [0.1, 0.15) is 17.5 Å². The third kappa shape index (κ3) is 2.58. The van der Waals surface area contributed by atoms with Gasteiger partial charge >= 0.3 is 0 Å². The number of carbonyl (C=O) groups is 1. The van der Waals surface area contributed by atoms with Gasteiger partial charge in [0.2, 0.25) is 11.6 Å². The van der Waals surface area contributed by atoms with E-state index in [4.69, 9.17) is 5.26 Å². The van der Waals surface area contributed by atoms with E-state index >= 15 is 0 Å². The molecule has 2 aromatic rings.